The molecule has 1 amide bonds. The van der Waals surface area contributed by atoms with Crippen molar-refractivity contribution in [1.82, 2.24) is 10.3 Å². The number of aryl methyl sites for hydroxylation is 1. The molecule has 1 atom stereocenters. The zero-order chi connectivity index (χ0) is 12.8. The lowest BCUT2D eigenvalue weighted by Gasteiger charge is -2.08. The number of amides is 1. The van der Waals surface area contributed by atoms with Crippen molar-refractivity contribution in [2.75, 3.05) is 6.54 Å². The van der Waals surface area contributed by atoms with Crippen LogP contribution in [-0.4, -0.2) is 39.7 Å². The van der Waals surface area contributed by atoms with E-state index < -0.39 is 12.1 Å². The summed E-state index contributed by atoms with van der Waals surface area (Å²) in [5.41, 5.74) is 1.52. The van der Waals surface area contributed by atoms with Gasteiger partial charge in [-0.3, -0.25) is 9.78 Å². The van der Waals surface area contributed by atoms with Gasteiger partial charge in [-0.25, -0.2) is 4.79 Å². The van der Waals surface area contributed by atoms with Crippen LogP contribution < -0.4 is 5.32 Å². The van der Waals surface area contributed by atoms with Crippen LogP contribution in [0.5, 0.6) is 0 Å². The van der Waals surface area contributed by atoms with E-state index in [1.807, 2.05) is 13.0 Å². The Morgan fingerprint density at radius 3 is 2.82 bits per heavy atom. The van der Waals surface area contributed by atoms with Crippen molar-refractivity contribution in [3.05, 3.63) is 29.6 Å². The maximum atomic E-state index is 11.4. The largest absolute Gasteiger partial charge is 0.479 e. The van der Waals surface area contributed by atoms with Crippen LogP contribution in [0.2, 0.25) is 0 Å². The summed E-state index contributed by atoms with van der Waals surface area (Å²) in [6.45, 7) is 1.53. The molecule has 0 aromatic carbocycles. The molecular weight excluding hydrogens is 224 g/mol. The van der Waals surface area contributed by atoms with Crippen LogP contribution in [0.3, 0.4) is 0 Å². The Bertz CT molecular complexity index is 420. The van der Waals surface area contributed by atoms with Gasteiger partial charge < -0.3 is 15.5 Å². The fourth-order valence-corrected chi connectivity index (χ4v) is 1.22. The number of nitrogens with one attached hydrogen (secondary N) is 1. The number of aliphatic carboxylic acids is 1. The highest BCUT2D eigenvalue weighted by Gasteiger charge is 2.14. The topological polar surface area (TPSA) is 99.5 Å². The molecule has 0 fully saturated rings. The third-order valence-electron chi connectivity index (χ3n) is 2.22. The van der Waals surface area contributed by atoms with Crippen LogP contribution in [0.4, 0.5) is 0 Å². The minimum atomic E-state index is -1.58. The average Bonchev–Trinajstić information content (AvgIpc) is 2.29. The Balaban J connectivity index is 2.46. The van der Waals surface area contributed by atoms with Gasteiger partial charge >= 0.3 is 5.97 Å². The van der Waals surface area contributed by atoms with Gasteiger partial charge in [0, 0.05) is 6.20 Å². The number of nitrogens with zero attached hydrogens (tertiary/aromatic N) is 1. The molecule has 1 aromatic heterocycles. The first-order valence-corrected chi connectivity index (χ1v) is 5.08. The zero-order valence-corrected chi connectivity index (χ0v) is 9.38. The van der Waals surface area contributed by atoms with E-state index in [0.29, 0.717) is 5.69 Å². The van der Waals surface area contributed by atoms with Gasteiger partial charge in [0.15, 0.2) is 6.10 Å². The SMILES string of the molecule is Cc1cccnc1CC(=O)NCC(O)C(=O)O. The van der Waals surface area contributed by atoms with Crippen LogP contribution in [0.15, 0.2) is 18.3 Å². The smallest absolute Gasteiger partial charge is 0.334 e. The molecule has 17 heavy (non-hydrogen) atoms. The number of carboxylic acids is 1. The number of hydrogen-bond acceptors (Lipinski definition) is 4. The molecule has 0 radical (unpaired) electrons. The summed E-state index contributed by atoms with van der Waals surface area (Å²) in [6, 6.07) is 3.60. The van der Waals surface area contributed by atoms with Crippen LogP contribution in [-0.2, 0) is 16.0 Å². The Labute approximate surface area is 98.3 Å². The highest BCUT2D eigenvalue weighted by molar-refractivity contribution is 5.79. The molecule has 0 aliphatic carbocycles. The molecule has 1 heterocycles. The number of carboxylic acid groups (broad SMARTS) is 1. The van der Waals surface area contributed by atoms with Crippen LogP contribution >= 0.6 is 0 Å². The predicted molar refractivity (Wildman–Crippen MR) is 59.3 cm³/mol. The highest BCUT2D eigenvalue weighted by Crippen LogP contribution is 2.03. The molecule has 1 aromatic rings. The molecule has 0 aliphatic rings. The van der Waals surface area contributed by atoms with Gasteiger partial charge in [0.1, 0.15) is 0 Å². The zero-order valence-electron chi connectivity index (χ0n) is 9.38. The van der Waals surface area contributed by atoms with Gasteiger partial charge in [-0.1, -0.05) is 6.07 Å². The van der Waals surface area contributed by atoms with E-state index in [1.165, 1.54) is 0 Å². The number of hydrogen-bond donors (Lipinski definition) is 3. The molecule has 0 spiro atoms. The molecule has 6 nitrogen and oxygen atoms in total. The van der Waals surface area contributed by atoms with Crippen LogP contribution in [0.1, 0.15) is 11.3 Å². The second kappa shape index (κ2) is 5.95. The van der Waals surface area contributed by atoms with Crippen molar-refractivity contribution in [2.45, 2.75) is 19.4 Å². The number of rotatable bonds is 5. The van der Waals surface area contributed by atoms with Gasteiger partial charge in [-0.05, 0) is 18.6 Å². The minimum Gasteiger partial charge on any atom is -0.479 e. The maximum absolute atomic E-state index is 11.4. The lowest BCUT2D eigenvalue weighted by atomic mass is 10.1. The highest BCUT2D eigenvalue weighted by atomic mass is 16.4. The molecule has 0 saturated heterocycles. The number of carbonyl (C=O) groups excluding carboxylic acids is 1. The predicted octanol–water partition coefficient (Wildman–Crippen LogP) is -0.506. The first-order chi connectivity index (χ1) is 8.00. The van der Waals surface area contributed by atoms with Crippen molar-refractivity contribution in [3.8, 4) is 0 Å². The normalized spacial score (nSPS) is 11.9. The lowest BCUT2D eigenvalue weighted by Crippen LogP contribution is -2.37. The Morgan fingerprint density at radius 1 is 1.53 bits per heavy atom. The maximum Gasteiger partial charge on any atom is 0.334 e. The average molecular weight is 238 g/mol. The molecular formula is C11H14N2O4. The number of aliphatic hydroxyl groups excluding tert-OH is 1. The molecule has 92 valence electrons. The summed E-state index contributed by atoms with van der Waals surface area (Å²) in [4.78, 5) is 25.8. The Kier molecular flexibility index (Phi) is 4.59. The summed E-state index contributed by atoms with van der Waals surface area (Å²) in [5.74, 6) is -1.73. The molecule has 0 aliphatic heterocycles. The number of aromatic nitrogens is 1. The van der Waals surface area contributed by atoms with E-state index in [4.69, 9.17) is 10.2 Å². The summed E-state index contributed by atoms with van der Waals surface area (Å²) >= 11 is 0. The molecule has 1 rings (SSSR count). The van der Waals surface area contributed by atoms with E-state index in [0.717, 1.165) is 5.56 Å². The fourth-order valence-electron chi connectivity index (χ4n) is 1.22. The lowest BCUT2D eigenvalue weighted by molar-refractivity contribution is -0.146. The van der Waals surface area contributed by atoms with Crippen LogP contribution in [0, 0.1) is 6.92 Å². The van der Waals surface area contributed by atoms with Crippen molar-refractivity contribution in [1.29, 1.82) is 0 Å². The molecule has 3 N–H and O–H groups in total. The van der Waals surface area contributed by atoms with Gasteiger partial charge in [-0.15, -0.1) is 0 Å². The summed E-state index contributed by atoms with van der Waals surface area (Å²) in [6.07, 6.45) is 0.0737. The van der Waals surface area contributed by atoms with Gasteiger partial charge in [0.2, 0.25) is 5.91 Å². The first-order valence-electron chi connectivity index (χ1n) is 5.08. The third kappa shape index (κ3) is 4.20. The summed E-state index contributed by atoms with van der Waals surface area (Å²) < 4.78 is 0. The van der Waals surface area contributed by atoms with E-state index in [1.54, 1.807) is 12.3 Å². The van der Waals surface area contributed by atoms with E-state index >= 15 is 0 Å². The fraction of sp³-hybridized carbons (Fsp3) is 0.364. The van der Waals surface area contributed by atoms with E-state index in [-0.39, 0.29) is 18.9 Å². The Morgan fingerprint density at radius 2 is 2.24 bits per heavy atom. The summed E-state index contributed by atoms with van der Waals surface area (Å²) in [5, 5.41) is 19.7. The molecule has 0 bridgehead atoms. The second-order valence-electron chi connectivity index (χ2n) is 3.60. The van der Waals surface area contributed by atoms with Crippen molar-refractivity contribution >= 4 is 11.9 Å². The van der Waals surface area contributed by atoms with Gasteiger partial charge in [0.25, 0.3) is 0 Å². The standard InChI is InChI=1S/C11H14N2O4/c1-7-3-2-4-12-8(7)5-10(15)13-6-9(14)11(16)17/h2-4,9,14H,5-6H2,1H3,(H,13,15)(H,16,17). The monoisotopic (exact) mass is 238 g/mol. The second-order valence-corrected chi connectivity index (χ2v) is 3.60. The minimum absolute atomic E-state index is 0.0685. The van der Waals surface area contributed by atoms with Gasteiger partial charge in [-0.2, -0.15) is 0 Å². The first kappa shape index (κ1) is 13.1. The number of carbonyl (C=O) groups is 2. The van der Waals surface area contributed by atoms with Crippen molar-refractivity contribution < 1.29 is 19.8 Å². The quantitative estimate of drug-likeness (QED) is 0.642. The van der Waals surface area contributed by atoms with Crippen LogP contribution in [0.25, 0.3) is 0 Å². The van der Waals surface area contributed by atoms with Gasteiger partial charge in [0.05, 0.1) is 18.7 Å². The number of pyridine rings is 1. The van der Waals surface area contributed by atoms with Crippen molar-refractivity contribution in [3.63, 3.8) is 0 Å². The third-order valence-corrected chi connectivity index (χ3v) is 2.22. The Hall–Kier alpha value is -1.95. The van der Waals surface area contributed by atoms with E-state index in [9.17, 15) is 9.59 Å². The van der Waals surface area contributed by atoms with E-state index in [2.05, 4.69) is 10.3 Å². The van der Waals surface area contributed by atoms with Crippen molar-refractivity contribution in [2.24, 2.45) is 0 Å². The molecule has 0 saturated carbocycles. The number of aliphatic hydroxyl groups is 1. The summed E-state index contributed by atoms with van der Waals surface area (Å²) in [7, 11) is 0. The molecule has 6 heteroatoms. The molecule has 1 unspecified atom stereocenters.